The van der Waals surface area contributed by atoms with Crippen LogP contribution in [0.25, 0.3) is 0 Å². The Kier molecular flexibility index (Phi) is 2.34. The molecule has 0 aromatic heterocycles. The normalized spacial score (nSPS) is 16.3. The molecule has 4 nitrogen and oxygen atoms in total. The van der Waals surface area contributed by atoms with Gasteiger partial charge in [0.25, 0.3) is 0 Å². The van der Waals surface area contributed by atoms with Crippen LogP contribution in [-0.4, -0.2) is 18.8 Å². The van der Waals surface area contributed by atoms with E-state index in [0.29, 0.717) is 18.4 Å². The molecule has 0 radical (unpaired) electrons. The number of aryl methyl sites for hydroxylation is 1. The number of phenols is 1. The zero-order valence-electron chi connectivity index (χ0n) is 8.40. The van der Waals surface area contributed by atoms with E-state index >= 15 is 0 Å². The lowest BCUT2D eigenvalue weighted by molar-refractivity contribution is 0.473. The van der Waals surface area contributed by atoms with E-state index in [0.717, 1.165) is 0 Å². The van der Waals surface area contributed by atoms with Crippen LogP contribution in [0.15, 0.2) is 18.2 Å². The molecule has 0 heterocycles. The van der Waals surface area contributed by atoms with Gasteiger partial charge < -0.3 is 5.11 Å². The van der Waals surface area contributed by atoms with Gasteiger partial charge in [-0.2, -0.15) is 0 Å². The number of rotatable bonds is 3. The zero-order valence-corrected chi connectivity index (χ0v) is 9.21. The van der Waals surface area contributed by atoms with Crippen molar-refractivity contribution in [2.45, 2.75) is 25.0 Å². The average Bonchev–Trinajstić information content (AvgIpc) is 2.95. The number of para-hydroxylation sites is 1. The summed E-state index contributed by atoms with van der Waals surface area (Å²) in [5.41, 5.74) is 0.924. The van der Waals surface area contributed by atoms with Crippen molar-refractivity contribution in [3.8, 4) is 5.75 Å². The predicted molar refractivity (Wildman–Crippen MR) is 58.4 cm³/mol. The van der Waals surface area contributed by atoms with E-state index in [-0.39, 0.29) is 16.7 Å². The molecule has 1 aliphatic rings. The molecule has 2 rings (SSSR count). The number of benzene rings is 1. The van der Waals surface area contributed by atoms with Crippen LogP contribution in [0.5, 0.6) is 5.75 Å². The predicted octanol–water partition coefficient (Wildman–Crippen LogP) is 1.60. The number of nitrogens with one attached hydrogen (secondary N) is 1. The molecule has 1 aromatic carbocycles. The summed E-state index contributed by atoms with van der Waals surface area (Å²) >= 11 is 0. The molecule has 5 heteroatoms. The second-order valence-electron chi connectivity index (χ2n) is 3.82. The van der Waals surface area contributed by atoms with Crippen LogP contribution in [0.3, 0.4) is 0 Å². The fourth-order valence-corrected chi connectivity index (χ4v) is 2.75. The SMILES string of the molecule is Cc1cccc(NS(=O)(=O)C2CC2)c1O. The summed E-state index contributed by atoms with van der Waals surface area (Å²) < 4.78 is 25.6. The molecule has 82 valence electrons. The van der Waals surface area contributed by atoms with Gasteiger partial charge in [0.2, 0.25) is 10.0 Å². The maximum absolute atomic E-state index is 11.6. The molecular weight excluding hydrogens is 214 g/mol. The Morgan fingerprint density at radius 1 is 1.40 bits per heavy atom. The second-order valence-corrected chi connectivity index (χ2v) is 5.78. The Morgan fingerprint density at radius 3 is 2.67 bits per heavy atom. The summed E-state index contributed by atoms with van der Waals surface area (Å²) in [4.78, 5) is 0. The number of sulfonamides is 1. The number of hydrogen-bond acceptors (Lipinski definition) is 3. The summed E-state index contributed by atoms with van der Waals surface area (Å²) in [6.45, 7) is 1.73. The van der Waals surface area contributed by atoms with E-state index in [9.17, 15) is 13.5 Å². The number of aromatic hydroxyl groups is 1. The van der Waals surface area contributed by atoms with Gasteiger partial charge in [-0.15, -0.1) is 0 Å². The third-order valence-electron chi connectivity index (χ3n) is 2.45. The van der Waals surface area contributed by atoms with Crippen LogP contribution in [-0.2, 0) is 10.0 Å². The molecule has 1 saturated carbocycles. The van der Waals surface area contributed by atoms with Gasteiger partial charge in [0, 0.05) is 0 Å². The van der Waals surface area contributed by atoms with Gasteiger partial charge in [0.1, 0.15) is 5.75 Å². The van der Waals surface area contributed by atoms with Gasteiger partial charge in [-0.25, -0.2) is 8.42 Å². The van der Waals surface area contributed by atoms with Crippen molar-refractivity contribution in [1.82, 2.24) is 0 Å². The highest BCUT2D eigenvalue weighted by atomic mass is 32.2. The molecule has 1 aromatic rings. The maximum atomic E-state index is 11.6. The van der Waals surface area contributed by atoms with E-state index in [4.69, 9.17) is 0 Å². The lowest BCUT2D eigenvalue weighted by Crippen LogP contribution is -2.17. The Hall–Kier alpha value is -1.23. The third kappa shape index (κ3) is 2.07. The summed E-state index contributed by atoms with van der Waals surface area (Å²) in [6.07, 6.45) is 1.42. The van der Waals surface area contributed by atoms with Crippen molar-refractivity contribution in [3.05, 3.63) is 23.8 Å². The molecule has 15 heavy (non-hydrogen) atoms. The summed E-state index contributed by atoms with van der Waals surface area (Å²) in [5, 5.41) is 9.36. The molecule has 1 fully saturated rings. The first-order valence-electron chi connectivity index (χ1n) is 4.81. The van der Waals surface area contributed by atoms with E-state index < -0.39 is 10.0 Å². The molecule has 0 saturated heterocycles. The average molecular weight is 227 g/mol. The molecule has 0 bridgehead atoms. The van der Waals surface area contributed by atoms with E-state index in [1.54, 1.807) is 25.1 Å². The Morgan fingerprint density at radius 2 is 2.07 bits per heavy atom. The number of hydrogen-bond donors (Lipinski definition) is 2. The summed E-state index contributed by atoms with van der Waals surface area (Å²) in [5.74, 6) is 0.00160. The van der Waals surface area contributed by atoms with Crippen molar-refractivity contribution < 1.29 is 13.5 Å². The molecule has 0 unspecified atom stereocenters. The van der Waals surface area contributed by atoms with Gasteiger partial charge in [0.15, 0.2) is 0 Å². The Balaban J connectivity index is 2.28. The summed E-state index contributed by atoms with van der Waals surface area (Å²) in [7, 11) is -3.29. The largest absolute Gasteiger partial charge is 0.505 e. The molecule has 0 atom stereocenters. The fourth-order valence-electron chi connectivity index (χ4n) is 1.36. The van der Waals surface area contributed by atoms with Crippen LogP contribution < -0.4 is 4.72 Å². The smallest absolute Gasteiger partial charge is 0.235 e. The van der Waals surface area contributed by atoms with Crippen LogP contribution in [0.2, 0.25) is 0 Å². The van der Waals surface area contributed by atoms with Crippen LogP contribution in [0.4, 0.5) is 5.69 Å². The van der Waals surface area contributed by atoms with Crippen LogP contribution >= 0.6 is 0 Å². The highest BCUT2D eigenvalue weighted by molar-refractivity contribution is 7.93. The monoisotopic (exact) mass is 227 g/mol. The minimum atomic E-state index is -3.29. The van der Waals surface area contributed by atoms with Gasteiger partial charge in [0.05, 0.1) is 10.9 Å². The molecule has 2 N–H and O–H groups in total. The van der Waals surface area contributed by atoms with E-state index in [1.807, 2.05) is 0 Å². The van der Waals surface area contributed by atoms with Gasteiger partial charge in [-0.05, 0) is 31.4 Å². The van der Waals surface area contributed by atoms with Crippen molar-refractivity contribution in [1.29, 1.82) is 0 Å². The molecule has 1 aliphatic carbocycles. The lowest BCUT2D eigenvalue weighted by Gasteiger charge is -2.09. The molecule has 0 amide bonds. The minimum Gasteiger partial charge on any atom is -0.505 e. The number of phenolic OH excluding ortho intramolecular Hbond substituents is 1. The topological polar surface area (TPSA) is 66.4 Å². The quantitative estimate of drug-likeness (QED) is 0.771. The molecular formula is C10H13NO3S. The van der Waals surface area contributed by atoms with E-state index in [1.165, 1.54) is 0 Å². The zero-order chi connectivity index (χ0) is 11.1. The summed E-state index contributed by atoms with van der Waals surface area (Å²) in [6, 6.07) is 4.99. The first-order valence-corrected chi connectivity index (χ1v) is 6.35. The van der Waals surface area contributed by atoms with Crippen molar-refractivity contribution in [3.63, 3.8) is 0 Å². The third-order valence-corrected chi connectivity index (χ3v) is 4.31. The number of anilines is 1. The van der Waals surface area contributed by atoms with Crippen molar-refractivity contribution in [2.24, 2.45) is 0 Å². The van der Waals surface area contributed by atoms with E-state index in [2.05, 4.69) is 4.72 Å². The lowest BCUT2D eigenvalue weighted by atomic mass is 10.2. The highest BCUT2D eigenvalue weighted by Gasteiger charge is 2.36. The Bertz CT molecular complexity index is 477. The fraction of sp³-hybridized carbons (Fsp3) is 0.400. The second kappa shape index (κ2) is 3.41. The van der Waals surface area contributed by atoms with Crippen LogP contribution in [0.1, 0.15) is 18.4 Å². The van der Waals surface area contributed by atoms with Crippen LogP contribution in [0, 0.1) is 6.92 Å². The first kappa shape index (κ1) is 10.3. The highest BCUT2D eigenvalue weighted by Crippen LogP contribution is 2.33. The standard InChI is InChI=1S/C10H13NO3S/c1-7-3-2-4-9(10(7)12)11-15(13,14)8-5-6-8/h2-4,8,11-12H,5-6H2,1H3. The maximum Gasteiger partial charge on any atom is 0.235 e. The van der Waals surface area contributed by atoms with Crippen molar-refractivity contribution >= 4 is 15.7 Å². The van der Waals surface area contributed by atoms with Gasteiger partial charge in [-0.1, -0.05) is 12.1 Å². The molecule has 0 aliphatic heterocycles. The Labute approximate surface area is 89.0 Å². The molecule has 0 spiro atoms. The van der Waals surface area contributed by atoms with Gasteiger partial charge >= 0.3 is 0 Å². The minimum absolute atomic E-state index is 0.00160. The van der Waals surface area contributed by atoms with Crippen molar-refractivity contribution in [2.75, 3.05) is 4.72 Å². The first-order chi connectivity index (χ1) is 7.00. The van der Waals surface area contributed by atoms with Gasteiger partial charge in [-0.3, -0.25) is 4.72 Å².